The van der Waals surface area contributed by atoms with Crippen molar-refractivity contribution >= 4 is 0 Å². The molecule has 1 aliphatic carbocycles. The average Bonchev–Trinajstić information content (AvgIpc) is 2.97. The highest BCUT2D eigenvalue weighted by Gasteiger charge is 2.30. The molecule has 3 unspecified atom stereocenters. The van der Waals surface area contributed by atoms with Gasteiger partial charge in [0.05, 0.1) is 6.10 Å². The molecule has 20 heavy (non-hydrogen) atoms. The minimum Gasteiger partial charge on any atom is -0.388 e. The maximum atomic E-state index is 10.5. The Balaban J connectivity index is 1.59. The van der Waals surface area contributed by atoms with Gasteiger partial charge in [-0.15, -0.1) is 0 Å². The predicted octanol–water partition coefficient (Wildman–Crippen LogP) is 3.77. The molecule has 1 aromatic carbocycles. The molecule has 0 bridgehead atoms. The molecule has 0 saturated heterocycles. The van der Waals surface area contributed by atoms with Gasteiger partial charge in [-0.2, -0.15) is 0 Å². The van der Waals surface area contributed by atoms with E-state index in [1.807, 2.05) is 48.8 Å². The van der Waals surface area contributed by atoms with Crippen LogP contribution in [0.3, 0.4) is 0 Å². The molecule has 1 aliphatic rings. The van der Waals surface area contributed by atoms with E-state index in [2.05, 4.69) is 11.1 Å². The first-order chi connectivity index (χ1) is 9.83. The van der Waals surface area contributed by atoms with E-state index in [4.69, 9.17) is 0 Å². The number of hydrogen-bond acceptors (Lipinski definition) is 2. The molecule has 0 aliphatic heterocycles. The van der Waals surface area contributed by atoms with Gasteiger partial charge in [0.25, 0.3) is 0 Å². The number of nitrogens with zero attached hydrogens (tertiary/aromatic N) is 1. The van der Waals surface area contributed by atoms with E-state index < -0.39 is 0 Å². The van der Waals surface area contributed by atoms with E-state index >= 15 is 0 Å². The summed E-state index contributed by atoms with van der Waals surface area (Å²) >= 11 is 0. The lowest BCUT2D eigenvalue weighted by Crippen LogP contribution is -2.10. The molecule has 1 saturated carbocycles. The van der Waals surface area contributed by atoms with Gasteiger partial charge in [0.15, 0.2) is 0 Å². The topological polar surface area (TPSA) is 33.1 Å². The Morgan fingerprint density at radius 2 is 1.95 bits per heavy atom. The fraction of sp³-hybridized carbons (Fsp3) is 0.389. The zero-order valence-corrected chi connectivity index (χ0v) is 11.7. The second-order valence-electron chi connectivity index (χ2n) is 5.86. The van der Waals surface area contributed by atoms with Crippen LogP contribution in [0.1, 0.15) is 36.5 Å². The third kappa shape index (κ3) is 3.07. The van der Waals surface area contributed by atoms with Crippen LogP contribution in [0.4, 0.5) is 0 Å². The number of rotatable bonds is 4. The van der Waals surface area contributed by atoms with Crippen molar-refractivity contribution in [2.45, 2.75) is 31.8 Å². The van der Waals surface area contributed by atoms with Crippen molar-refractivity contribution < 1.29 is 5.11 Å². The number of hydrogen-bond donors (Lipinski definition) is 1. The lowest BCUT2D eigenvalue weighted by atomic mass is 9.92. The van der Waals surface area contributed by atoms with Gasteiger partial charge in [0, 0.05) is 12.4 Å². The minimum atomic E-state index is -0.310. The molecule has 2 nitrogen and oxygen atoms in total. The van der Waals surface area contributed by atoms with Gasteiger partial charge in [-0.05, 0) is 54.7 Å². The predicted molar refractivity (Wildman–Crippen MR) is 80.2 cm³/mol. The fourth-order valence-electron chi connectivity index (χ4n) is 3.36. The smallest absolute Gasteiger partial charge is 0.0818 e. The van der Waals surface area contributed by atoms with Crippen LogP contribution in [-0.4, -0.2) is 10.1 Å². The lowest BCUT2D eigenvalue weighted by molar-refractivity contribution is 0.109. The van der Waals surface area contributed by atoms with Crippen molar-refractivity contribution in [3.63, 3.8) is 0 Å². The molecular formula is C18H21NO. The number of benzene rings is 1. The molecular weight excluding hydrogens is 246 g/mol. The molecule has 1 heterocycles. The van der Waals surface area contributed by atoms with Crippen LogP contribution in [0.15, 0.2) is 54.9 Å². The SMILES string of the molecule is OC(c1ccccc1)C1CCC(Cc2cccnc2)C1. The second-order valence-corrected chi connectivity index (χ2v) is 5.86. The Labute approximate surface area is 120 Å². The van der Waals surface area contributed by atoms with Gasteiger partial charge in [-0.25, -0.2) is 0 Å². The Kier molecular flexibility index (Phi) is 4.12. The molecule has 3 rings (SSSR count). The zero-order chi connectivity index (χ0) is 13.8. The Bertz CT molecular complexity index is 526. The molecule has 1 fully saturated rings. The molecule has 0 spiro atoms. The molecule has 2 heteroatoms. The first-order valence-corrected chi connectivity index (χ1v) is 7.45. The first kappa shape index (κ1) is 13.3. The summed E-state index contributed by atoms with van der Waals surface area (Å²) in [6.07, 6.45) is 8.01. The lowest BCUT2D eigenvalue weighted by Gasteiger charge is -2.18. The maximum absolute atomic E-state index is 10.5. The van der Waals surface area contributed by atoms with Crippen molar-refractivity contribution in [1.29, 1.82) is 0 Å². The number of aromatic nitrogens is 1. The highest BCUT2D eigenvalue weighted by molar-refractivity contribution is 5.18. The van der Waals surface area contributed by atoms with Gasteiger partial charge >= 0.3 is 0 Å². The van der Waals surface area contributed by atoms with E-state index in [1.165, 1.54) is 12.0 Å². The van der Waals surface area contributed by atoms with Gasteiger partial charge < -0.3 is 5.11 Å². The van der Waals surface area contributed by atoms with Crippen LogP contribution < -0.4 is 0 Å². The number of aliphatic hydroxyl groups excluding tert-OH is 1. The highest BCUT2D eigenvalue weighted by atomic mass is 16.3. The van der Waals surface area contributed by atoms with Gasteiger partial charge in [-0.3, -0.25) is 4.98 Å². The maximum Gasteiger partial charge on any atom is 0.0818 e. The third-order valence-corrected chi connectivity index (χ3v) is 4.42. The van der Waals surface area contributed by atoms with E-state index in [0.717, 1.165) is 24.8 Å². The summed E-state index contributed by atoms with van der Waals surface area (Å²) in [5.41, 5.74) is 2.37. The monoisotopic (exact) mass is 267 g/mol. The first-order valence-electron chi connectivity index (χ1n) is 7.45. The summed E-state index contributed by atoms with van der Waals surface area (Å²) in [6.45, 7) is 0. The number of aliphatic hydroxyl groups is 1. The van der Waals surface area contributed by atoms with Crippen molar-refractivity contribution in [2.24, 2.45) is 11.8 Å². The van der Waals surface area contributed by atoms with E-state index in [9.17, 15) is 5.11 Å². The Morgan fingerprint density at radius 3 is 2.70 bits per heavy atom. The molecule has 104 valence electrons. The summed E-state index contributed by atoms with van der Waals surface area (Å²) < 4.78 is 0. The van der Waals surface area contributed by atoms with Crippen molar-refractivity contribution in [2.75, 3.05) is 0 Å². The third-order valence-electron chi connectivity index (χ3n) is 4.42. The molecule has 1 N–H and O–H groups in total. The van der Waals surface area contributed by atoms with Crippen LogP contribution >= 0.6 is 0 Å². The van der Waals surface area contributed by atoms with E-state index in [1.54, 1.807) is 0 Å². The van der Waals surface area contributed by atoms with E-state index in [-0.39, 0.29) is 6.10 Å². The van der Waals surface area contributed by atoms with Gasteiger partial charge in [-0.1, -0.05) is 36.4 Å². The molecule has 0 radical (unpaired) electrons. The van der Waals surface area contributed by atoms with E-state index in [0.29, 0.717) is 11.8 Å². The quantitative estimate of drug-likeness (QED) is 0.914. The van der Waals surface area contributed by atoms with Crippen molar-refractivity contribution in [3.8, 4) is 0 Å². The highest BCUT2D eigenvalue weighted by Crippen LogP contribution is 2.40. The summed E-state index contributed by atoms with van der Waals surface area (Å²) in [7, 11) is 0. The average molecular weight is 267 g/mol. The zero-order valence-electron chi connectivity index (χ0n) is 11.7. The standard InChI is InChI=1S/C18H21NO/c20-18(16-6-2-1-3-7-16)17-9-8-14(12-17)11-15-5-4-10-19-13-15/h1-7,10,13-14,17-18,20H,8-9,11-12H2. The Morgan fingerprint density at radius 1 is 1.10 bits per heavy atom. The largest absolute Gasteiger partial charge is 0.388 e. The minimum absolute atomic E-state index is 0.310. The Hall–Kier alpha value is -1.67. The summed E-state index contributed by atoms with van der Waals surface area (Å²) in [4.78, 5) is 4.18. The molecule has 1 aromatic heterocycles. The number of pyridine rings is 1. The fourth-order valence-corrected chi connectivity index (χ4v) is 3.36. The molecule has 0 amide bonds. The molecule has 2 aromatic rings. The normalized spacial score (nSPS) is 23.6. The van der Waals surface area contributed by atoms with Crippen LogP contribution in [0, 0.1) is 11.8 Å². The van der Waals surface area contributed by atoms with Gasteiger partial charge in [0.1, 0.15) is 0 Å². The second kappa shape index (κ2) is 6.19. The molecule has 3 atom stereocenters. The summed E-state index contributed by atoms with van der Waals surface area (Å²) in [5.74, 6) is 1.08. The van der Waals surface area contributed by atoms with Crippen LogP contribution in [0.25, 0.3) is 0 Å². The van der Waals surface area contributed by atoms with Crippen LogP contribution in [0.2, 0.25) is 0 Å². The summed E-state index contributed by atoms with van der Waals surface area (Å²) in [6, 6.07) is 14.2. The summed E-state index contributed by atoms with van der Waals surface area (Å²) in [5, 5.41) is 10.5. The van der Waals surface area contributed by atoms with Crippen molar-refractivity contribution in [1.82, 2.24) is 4.98 Å². The van der Waals surface area contributed by atoms with Crippen LogP contribution in [0.5, 0.6) is 0 Å². The van der Waals surface area contributed by atoms with Crippen molar-refractivity contribution in [3.05, 3.63) is 66.0 Å². The van der Waals surface area contributed by atoms with Gasteiger partial charge in [0.2, 0.25) is 0 Å². The van der Waals surface area contributed by atoms with Crippen LogP contribution in [-0.2, 0) is 6.42 Å².